The molecule has 0 radical (unpaired) electrons. The molecular formula is C24H45NO4. The minimum absolute atomic E-state index is 0.0134. The summed E-state index contributed by atoms with van der Waals surface area (Å²) in [4.78, 5) is 27.2. The molecule has 0 N–H and O–H groups in total. The first-order valence-electron chi connectivity index (χ1n) is 12.0. The average molecular weight is 412 g/mol. The van der Waals surface area contributed by atoms with E-state index in [-0.39, 0.29) is 36.5 Å². The first kappa shape index (κ1) is 25.9. The molecule has 1 aliphatic rings. The normalized spacial score (nSPS) is 16.7. The average Bonchev–Trinajstić information content (AvgIpc) is 2.71. The van der Waals surface area contributed by atoms with Gasteiger partial charge in [-0.15, -0.1) is 0 Å². The van der Waals surface area contributed by atoms with E-state index in [1.165, 1.54) is 38.5 Å². The van der Waals surface area contributed by atoms with E-state index in [2.05, 4.69) is 25.8 Å². The molecule has 1 aliphatic heterocycles. The van der Waals surface area contributed by atoms with Crippen molar-refractivity contribution in [2.75, 3.05) is 26.7 Å². The maximum absolute atomic E-state index is 12.6. The maximum atomic E-state index is 12.6. The van der Waals surface area contributed by atoms with Crippen LogP contribution in [0.15, 0.2) is 0 Å². The second-order valence-corrected chi connectivity index (χ2v) is 8.85. The topological polar surface area (TPSA) is 55.8 Å². The molecule has 0 aromatic carbocycles. The molecule has 5 heteroatoms. The van der Waals surface area contributed by atoms with Gasteiger partial charge in [-0.1, -0.05) is 65.2 Å². The predicted octanol–water partition coefficient (Wildman–Crippen LogP) is 5.36. The van der Waals surface area contributed by atoms with Gasteiger partial charge in [0.25, 0.3) is 0 Å². The summed E-state index contributed by atoms with van der Waals surface area (Å²) in [5, 5.41) is 0. The predicted molar refractivity (Wildman–Crippen MR) is 118 cm³/mol. The number of piperidine rings is 1. The lowest BCUT2D eigenvalue weighted by atomic mass is 9.94. The van der Waals surface area contributed by atoms with Crippen LogP contribution in [0.25, 0.3) is 0 Å². The summed E-state index contributed by atoms with van der Waals surface area (Å²) in [6, 6.07) is 0. The molecule has 29 heavy (non-hydrogen) atoms. The summed E-state index contributed by atoms with van der Waals surface area (Å²) < 4.78 is 11.1. The largest absolute Gasteiger partial charge is 0.462 e. The van der Waals surface area contributed by atoms with E-state index in [1.807, 2.05) is 6.92 Å². The quantitative estimate of drug-likeness (QED) is 0.268. The van der Waals surface area contributed by atoms with Gasteiger partial charge >= 0.3 is 11.9 Å². The van der Waals surface area contributed by atoms with Crippen molar-refractivity contribution in [1.29, 1.82) is 0 Å². The lowest BCUT2D eigenvalue weighted by Gasteiger charge is -2.28. The van der Waals surface area contributed by atoms with Gasteiger partial charge in [0.05, 0.1) is 11.8 Å². The molecule has 1 heterocycles. The van der Waals surface area contributed by atoms with E-state index in [0.717, 1.165) is 51.6 Å². The van der Waals surface area contributed by atoms with Crippen LogP contribution in [0, 0.1) is 11.8 Å². The van der Waals surface area contributed by atoms with Crippen molar-refractivity contribution in [2.45, 2.75) is 104 Å². The molecule has 1 rings (SSSR count). The lowest BCUT2D eigenvalue weighted by Crippen LogP contribution is -2.36. The fraction of sp³-hybridized carbons (Fsp3) is 0.917. The zero-order valence-corrected chi connectivity index (χ0v) is 19.4. The van der Waals surface area contributed by atoms with Crippen molar-refractivity contribution in [3.8, 4) is 0 Å². The van der Waals surface area contributed by atoms with E-state index in [0.29, 0.717) is 0 Å². The second kappa shape index (κ2) is 15.7. The molecule has 0 aliphatic carbocycles. The van der Waals surface area contributed by atoms with Crippen molar-refractivity contribution >= 4 is 11.9 Å². The number of nitrogens with zero attached hydrogens (tertiary/aromatic N) is 1. The fourth-order valence-corrected chi connectivity index (χ4v) is 3.91. The highest BCUT2D eigenvalue weighted by molar-refractivity contribution is 5.73. The van der Waals surface area contributed by atoms with Crippen molar-refractivity contribution in [2.24, 2.45) is 11.8 Å². The number of hydrogen-bond donors (Lipinski definition) is 0. The molecule has 0 bridgehead atoms. The molecule has 5 nitrogen and oxygen atoms in total. The SMILES string of the molecule is CCCCCCC(CCCCCC)C(=O)OCC(C)OC(=O)C1CCN(C)CC1. The summed E-state index contributed by atoms with van der Waals surface area (Å²) in [5.74, 6) is -0.285. The minimum Gasteiger partial charge on any atom is -0.462 e. The number of carbonyl (C=O) groups is 2. The smallest absolute Gasteiger partial charge is 0.309 e. The van der Waals surface area contributed by atoms with Crippen LogP contribution >= 0.6 is 0 Å². The molecule has 1 fully saturated rings. The second-order valence-electron chi connectivity index (χ2n) is 8.85. The molecule has 0 aromatic rings. The van der Waals surface area contributed by atoms with Crippen LogP contribution in [-0.4, -0.2) is 49.7 Å². The van der Waals surface area contributed by atoms with E-state index in [1.54, 1.807) is 0 Å². The van der Waals surface area contributed by atoms with E-state index >= 15 is 0 Å². The number of unbranched alkanes of at least 4 members (excludes halogenated alkanes) is 6. The highest BCUT2D eigenvalue weighted by Crippen LogP contribution is 2.21. The van der Waals surface area contributed by atoms with Gasteiger partial charge in [0.15, 0.2) is 0 Å². The Hall–Kier alpha value is -1.10. The van der Waals surface area contributed by atoms with Gasteiger partial charge in [-0.05, 0) is 52.7 Å². The van der Waals surface area contributed by atoms with Gasteiger partial charge in [-0.25, -0.2) is 0 Å². The molecule has 0 saturated carbocycles. The zero-order valence-electron chi connectivity index (χ0n) is 19.4. The molecule has 0 amide bonds. The number of esters is 2. The van der Waals surface area contributed by atoms with Crippen LogP contribution in [0.5, 0.6) is 0 Å². The Morgan fingerprint density at radius 3 is 2.00 bits per heavy atom. The summed E-state index contributed by atoms with van der Waals surface area (Å²) in [5.41, 5.74) is 0. The van der Waals surface area contributed by atoms with Crippen molar-refractivity contribution in [3.63, 3.8) is 0 Å². The Morgan fingerprint density at radius 1 is 0.931 bits per heavy atom. The van der Waals surface area contributed by atoms with Crippen LogP contribution in [-0.2, 0) is 19.1 Å². The van der Waals surface area contributed by atoms with Crippen LogP contribution in [0.4, 0.5) is 0 Å². The molecule has 1 unspecified atom stereocenters. The number of hydrogen-bond acceptors (Lipinski definition) is 5. The molecule has 0 spiro atoms. The van der Waals surface area contributed by atoms with Gasteiger partial charge in [-0.3, -0.25) is 9.59 Å². The van der Waals surface area contributed by atoms with Crippen LogP contribution in [0.1, 0.15) is 97.8 Å². The highest BCUT2D eigenvalue weighted by Gasteiger charge is 2.27. The highest BCUT2D eigenvalue weighted by atomic mass is 16.6. The molecular weight excluding hydrogens is 366 g/mol. The Kier molecular flexibility index (Phi) is 14.0. The molecule has 0 aromatic heterocycles. The summed E-state index contributed by atoms with van der Waals surface area (Å²) in [6.07, 6.45) is 12.5. The van der Waals surface area contributed by atoms with Crippen molar-refractivity contribution in [3.05, 3.63) is 0 Å². The van der Waals surface area contributed by atoms with Crippen molar-refractivity contribution < 1.29 is 19.1 Å². The Labute approximate surface area is 178 Å². The number of ether oxygens (including phenoxy) is 2. The van der Waals surface area contributed by atoms with Crippen LogP contribution < -0.4 is 0 Å². The number of likely N-dealkylation sites (tertiary alicyclic amines) is 1. The van der Waals surface area contributed by atoms with Crippen LogP contribution in [0.3, 0.4) is 0 Å². The zero-order chi connectivity index (χ0) is 21.5. The monoisotopic (exact) mass is 411 g/mol. The first-order valence-corrected chi connectivity index (χ1v) is 12.0. The van der Waals surface area contributed by atoms with E-state index in [9.17, 15) is 9.59 Å². The lowest BCUT2D eigenvalue weighted by molar-refractivity contribution is -0.164. The summed E-state index contributed by atoms with van der Waals surface area (Å²) in [7, 11) is 2.07. The van der Waals surface area contributed by atoms with Gasteiger partial charge in [-0.2, -0.15) is 0 Å². The van der Waals surface area contributed by atoms with Crippen LogP contribution in [0.2, 0.25) is 0 Å². The molecule has 1 atom stereocenters. The Balaban J connectivity index is 2.36. The summed E-state index contributed by atoms with van der Waals surface area (Å²) >= 11 is 0. The third kappa shape index (κ3) is 11.6. The fourth-order valence-electron chi connectivity index (χ4n) is 3.91. The van der Waals surface area contributed by atoms with E-state index < -0.39 is 0 Å². The van der Waals surface area contributed by atoms with Gasteiger partial charge < -0.3 is 14.4 Å². The van der Waals surface area contributed by atoms with E-state index in [4.69, 9.17) is 9.47 Å². The number of rotatable bonds is 15. The molecule has 170 valence electrons. The third-order valence-corrected chi connectivity index (χ3v) is 5.98. The van der Waals surface area contributed by atoms with Gasteiger partial charge in [0.1, 0.15) is 12.7 Å². The number of carbonyl (C=O) groups excluding carboxylic acids is 2. The Morgan fingerprint density at radius 2 is 1.48 bits per heavy atom. The molecule has 1 saturated heterocycles. The van der Waals surface area contributed by atoms with Gasteiger partial charge in [0.2, 0.25) is 0 Å². The Bertz CT molecular complexity index is 434. The standard InChI is InChI=1S/C24H45NO4/c1-5-7-9-11-13-21(14-12-10-8-6-2)23(26)28-19-20(3)29-24(27)22-15-17-25(4)18-16-22/h20-22H,5-19H2,1-4H3. The maximum Gasteiger partial charge on any atom is 0.309 e. The minimum atomic E-state index is -0.382. The van der Waals surface area contributed by atoms with Crippen molar-refractivity contribution in [1.82, 2.24) is 4.90 Å². The summed E-state index contributed by atoms with van der Waals surface area (Å²) in [6.45, 7) is 8.24. The third-order valence-electron chi connectivity index (χ3n) is 5.98. The first-order chi connectivity index (χ1) is 14.0. The van der Waals surface area contributed by atoms with Gasteiger partial charge in [0, 0.05) is 0 Å².